The molecule has 4 aromatic carbocycles. The van der Waals surface area contributed by atoms with Crippen LogP contribution in [0.5, 0.6) is 0 Å². The molecule has 0 amide bonds. The summed E-state index contributed by atoms with van der Waals surface area (Å²) in [5.74, 6) is 0.338. The highest BCUT2D eigenvalue weighted by Crippen LogP contribution is 2.44. The Kier molecular flexibility index (Phi) is 5.14. The average Bonchev–Trinajstić information content (AvgIpc) is 3.48. The third-order valence-electron chi connectivity index (χ3n) is 6.62. The SMILES string of the molecule is C1=C(c2ccccc2)c2ccccc2C1CC1=CC(c2ccccc2)NN1c1ccccc1. The van der Waals surface area contributed by atoms with Gasteiger partial charge in [-0.2, -0.15) is 0 Å². The predicted molar refractivity (Wildman–Crippen MR) is 137 cm³/mol. The number of para-hydroxylation sites is 1. The molecule has 2 heteroatoms. The summed E-state index contributed by atoms with van der Waals surface area (Å²) in [5.41, 5.74) is 12.9. The van der Waals surface area contributed by atoms with Crippen molar-refractivity contribution in [3.63, 3.8) is 0 Å². The second kappa shape index (κ2) is 8.57. The molecule has 4 aromatic rings. The molecule has 1 aliphatic heterocycles. The molecule has 160 valence electrons. The summed E-state index contributed by atoms with van der Waals surface area (Å²) >= 11 is 0. The highest BCUT2D eigenvalue weighted by Gasteiger charge is 2.30. The van der Waals surface area contributed by atoms with Crippen LogP contribution < -0.4 is 10.4 Å². The molecule has 0 fully saturated rings. The first-order valence-corrected chi connectivity index (χ1v) is 11.6. The number of hydrogen-bond acceptors (Lipinski definition) is 2. The minimum absolute atomic E-state index is 0.163. The molecular formula is C31H26N2. The van der Waals surface area contributed by atoms with Crippen LogP contribution in [0.4, 0.5) is 5.69 Å². The molecule has 1 heterocycles. The zero-order valence-electron chi connectivity index (χ0n) is 18.4. The van der Waals surface area contributed by atoms with Crippen LogP contribution in [-0.4, -0.2) is 0 Å². The van der Waals surface area contributed by atoms with Gasteiger partial charge in [-0.3, -0.25) is 5.01 Å². The Morgan fingerprint density at radius 2 is 1.27 bits per heavy atom. The summed E-state index contributed by atoms with van der Waals surface area (Å²) in [6.45, 7) is 0. The van der Waals surface area contributed by atoms with Gasteiger partial charge in [0.25, 0.3) is 0 Å². The molecule has 2 atom stereocenters. The minimum Gasteiger partial charge on any atom is -0.280 e. The molecule has 6 rings (SSSR count). The van der Waals surface area contributed by atoms with Crippen molar-refractivity contribution in [2.75, 3.05) is 5.01 Å². The number of hydrazine groups is 1. The second-order valence-electron chi connectivity index (χ2n) is 8.69. The number of nitrogens with one attached hydrogen (secondary N) is 1. The van der Waals surface area contributed by atoms with E-state index in [9.17, 15) is 0 Å². The van der Waals surface area contributed by atoms with Gasteiger partial charge in [0.2, 0.25) is 0 Å². The van der Waals surface area contributed by atoms with E-state index in [1.165, 1.54) is 39.2 Å². The third kappa shape index (κ3) is 3.79. The molecule has 0 aromatic heterocycles. The molecule has 0 bridgehead atoms. The van der Waals surface area contributed by atoms with E-state index in [-0.39, 0.29) is 6.04 Å². The first-order valence-electron chi connectivity index (χ1n) is 11.6. The summed E-state index contributed by atoms with van der Waals surface area (Å²) in [6, 6.07) is 41.1. The summed E-state index contributed by atoms with van der Waals surface area (Å²) in [4.78, 5) is 0. The van der Waals surface area contributed by atoms with Crippen LogP contribution in [0.15, 0.2) is 133 Å². The lowest BCUT2D eigenvalue weighted by molar-refractivity contribution is 0.650. The van der Waals surface area contributed by atoms with Crippen LogP contribution >= 0.6 is 0 Å². The Hall–Kier alpha value is -3.88. The lowest BCUT2D eigenvalue weighted by atomic mass is 9.94. The quantitative estimate of drug-likeness (QED) is 0.361. The Morgan fingerprint density at radius 1 is 0.636 bits per heavy atom. The van der Waals surface area contributed by atoms with Crippen LogP contribution in [0.25, 0.3) is 5.57 Å². The van der Waals surface area contributed by atoms with Crippen LogP contribution in [0.2, 0.25) is 0 Å². The molecule has 0 saturated carbocycles. The van der Waals surface area contributed by atoms with E-state index in [1.54, 1.807) is 0 Å². The second-order valence-corrected chi connectivity index (χ2v) is 8.69. The van der Waals surface area contributed by atoms with E-state index in [2.05, 4.69) is 138 Å². The van der Waals surface area contributed by atoms with Gasteiger partial charge < -0.3 is 0 Å². The first kappa shape index (κ1) is 19.8. The van der Waals surface area contributed by atoms with Crippen molar-refractivity contribution >= 4 is 11.3 Å². The van der Waals surface area contributed by atoms with Crippen LogP contribution in [-0.2, 0) is 0 Å². The summed E-state index contributed by atoms with van der Waals surface area (Å²) < 4.78 is 0. The summed E-state index contributed by atoms with van der Waals surface area (Å²) in [7, 11) is 0. The van der Waals surface area contributed by atoms with Crippen molar-refractivity contribution in [1.29, 1.82) is 0 Å². The zero-order valence-corrected chi connectivity index (χ0v) is 18.4. The topological polar surface area (TPSA) is 15.3 Å². The molecule has 0 saturated heterocycles. The minimum atomic E-state index is 0.163. The van der Waals surface area contributed by atoms with Crippen molar-refractivity contribution in [1.82, 2.24) is 5.43 Å². The van der Waals surface area contributed by atoms with Crippen molar-refractivity contribution in [3.05, 3.63) is 155 Å². The molecule has 1 aliphatic carbocycles. The normalized spacial score (nSPS) is 19.2. The molecule has 0 radical (unpaired) electrons. The Labute approximate surface area is 195 Å². The number of allylic oxidation sites excluding steroid dienone is 2. The maximum absolute atomic E-state index is 3.73. The van der Waals surface area contributed by atoms with E-state index >= 15 is 0 Å². The Balaban J connectivity index is 1.38. The molecular weight excluding hydrogens is 400 g/mol. The molecule has 2 nitrogen and oxygen atoms in total. The lowest BCUT2D eigenvalue weighted by Gasteiger charge is -2.25. The first-order chi connectivity index (χ1) is 16.4. The van der Waals surface area contributed by atoms with Gasteiger partial charge in [-0.05, 0) is 52.5 Å². The zero-order chi connectivity index (χ0) is 22.0. The largest absolute Gasteiger partial charge is 0.280 e. The predicted octanol–water partition coefficient (Wildman–Crippen LogP) is 7.26. The smallest absolute Gasteiger partial charge is 0.0717 e. The fraction of sp³-hybridized carbons (Fsp3) is 0.0968. The number of anilines is 1. The van der Waals surface area contributed by atoms with Gasteiger partial charge >= 0.3 is 0 Å². The number of hydrogen-bond donors (Lipinski definition) is 1. The van der Waals surface area contributed by atoms with Gasteiger partial charge in [-0.25, -0.2) is 5.43 Å². The number of nitrogens with zero attached hydrogens (tertiary/aromatic N) is 1. The van der Waals surface area contributed by atoms with Gasteiger partial charge in [-0.1, -0.05) is 109 Å². The standard InChI is InChI=1S/C31H26N2/c1-4-12-23(13-5-1)30-21-25(28-18-10-11-19-29(28)30)20-27-22-31(24-14-6-2-7-15-24)32-33(27)26-16-8-3-9-17-26/h1-19,21-22,25,31-32H,20H2. The molecule has 2 aliphatic rings. The molecule has 0 spiro atoms. The van der Waals surface area contributed by atoms with Crippen LogP contribution in [0.1, 0.15) is 40.6 Å². The van der Waals surface area contributed by atoms with Gasteiger partial charge in [0.1, 0.15) is 0 Å². The van der Waals surface area contributed by atoms with Gasteiger partial charge in [-0.15, -0.1) is 0 Å². The van der Waals surface area contributed by atoms with E-state index in [0.29, 0.717) is 5.92 Å². The molecule has 33 heavy (non-hydrogen) atoms. The van der Waals surface area contributed by atoms with Crippen molar-refractivity contribution in [2.24, 2.45) is 0 Å². The van der Waals surface area contributed by atoms with E-state index in [1.807, 2.05) is 0 Å². The number of rotatable bonds is 5. The third-order valence-corrected chi connectivity index (χ3v) is 6.62. The van der Waals surface area contributed by atoms with Crippen LogP contribution in [0, 0.1) is 0 Å². The van der Waals surface area contributed by atoms with E-state index < -0.39 is 0 Å². The maximum Gasteiger partial charge on any atom is 0.0717 e. The van der Waals surface area contributed by atoms with Crippen molar-refractivity contribution in [3.8, 4) is 0 Å². The van der Waals surface area contributed by atoms with Crippen molar-refractivity contribution < 1.29 is 0 Å². The monoisotopic (exact) mass is 426 g/mol. The van der Waals surface area contributed by atoms with Crippen LogP contribution in [0.3, 0.4) is 0 Å². The molecule has 1 N–H and O–H groups in total. The highest BCUT2D eigenvalue weighted by atomic mass is 15.5. The van der Waals surface area contributed by atoms with Gasteiger partial charge in [0.05, 0.1) is 11.7 Å². The fourth-order valence-corrected chi connectivity index (χ4v) is 5.04. The van der Waals surface area contributed by atoms with Crippen molar-refractivity contribution in [2.45, 2.75) is 18.4 Å². The van der Waals surface area contributed by atoms with E-state index in [4.69, 9.17) is 0 Å². The summed E-state index contributed by atoms with van der Waals surface area (Å²) in [6.07, 6.45) is 5.79. The highest BCUT2D eigenvalue weighted by molar-refractivity contribution is 5.86. The number of fused-ring (bicyclic) bond motifs is 1. The molecule has 2 unspecified atom stereocenters. The average molecular weight is 427 g/mol. The fourth-order valence-electron chi connectivity index (χ4n) is 5.04. The van der Waals surface area contributed by atoms with E-state index in [0.717, 1.165) is 6.42 Å². The van der Waals surface area contributed by atoms with Gasteiger partial charge in [0.15, 0.2) is 0 Å². The maximum atomic E-state index is 3.73. The van der Waals surface area contributed by atoms with Gasteiger partial charge in [0, 0.05) is 11.6 Å². The number of benzene rings is 4. The lowest BCUT2D eigenvalue weighted by Crippen LogP contribution is -2.33. The Morgan fingerprint density at radius 3 is 2.03 bits per heavy atom. The summed E-state index contributed by atoms with van der Waals surface area (Å²) in [5, 5.41) is 2.27. The Bertz CT molecular complexity index is 1310.